The van der Waals surface area contributed by atoms with Crippen LogP contribution in [0, 0.1) is 0 Å². The molecule has 24 heavy (non-hydrogen) atoms. The number of aromatic hydroxyl groups is 1. The number of carbonyl (C=O) groups excluding carboxylic acids is 1. The third-order valence-electron chi connectivity index (χ3n) is 3.59. The Morgan fingerprint density at radius 1 is 1.21 bits per heavy atom. The van der Waals surface area contributed by atoms with Gasteiger partial charge >= 0.3 is 0 Å². The second kappa shape index (κ2) is 7.77. The van der Waals surface area contributed by atoms with Gasteiger partial charge in [-0.15, -0.1) is 0 Å². The highest BCUT2D eigenvalue weighted by atomic mass is 35.5. The quantitative estimate of drug-likeness (QED) is 0.800. The van der Waals surface area contributed by atoms with Gasteiger partial charge in [-0.1, -0.05) is 49.2 Å². The monoisotopic (exact) mass is 367 g/mol. The number of rotatable bonds is 6. The molecule has 0 radical (unpaired) electrons. The van der Waals surface area contributed by atoms with Gasteiger partial charge in [0.15, 0.2) is 6.61 Å². The third-order valence-corrected chi connectivity index (χ3v) is 4.26. The van der Waals surface area contributed by atoms with E-state index in [9.17, 15) is 9.90 Å². The SMILES string of the molecule is CC(C)c1cc(Cc2c(Cl)cc(OCC(N)=O)cc2Cl)ccc1O. The molecule has 128 valence electrons. The highest BCUT2D eigenvalue weighted by Crippen LogP contribution is 2.33. The molecule has 0 aliphatic heterocycles. The predicted molar refractivity (Wildman–Crippen MR) is 96.2 cm³/mol. The summed E-state index contributed by atoms with van der Waals surface area (Å²) in [6.45, 7) is 3.80. The summed E-state index contributed by atoms with van der Waals surface area (Å²) in [4.78, 5) is 10.8. The number of ether oxygens (including phenoxy) is 1. The van der Waals surface area contributed by atoms with Gasteiger partial charge in [-0.05, 0) is 40.8 Å². The van der Waals surface area contributed by atoms with Crippen molar-refractivity contribution in [3.63, 3.8) is 0 Å². The standard InChI is InChI=1S/C18H19Cl2NO3/c1-10(2)13-5-11(3-4-17(13)22)6-14-15(19)7-12(8-16(14)20)24-9-18(21)23/h3-5,7-8,10,22H,6,9H2,1-2H3,(H2,21,23). The maximum absolute atomic E-state index is 10.8. The number of hydrogen-bond acceptors (Lipinski definition) is 3. The van der Waals surface area contributed by atoms with Gasteiger partial charge in [0.05, 0.1) is 0 Å². The summed E-state index contributed by atoms with van der Waals surface area (Å²) in [5.74, 6) is 0.305. The van der Waals surface area contributed by atoms with Crippen molar-refractivity contribution in [3.05, 3.63) is 57.1 Å². The van der Waals surface area contributed by atoms with Gasteiger partial charge in [0, 0.05) is 16.5 Å². The Morgan fingerprint density at radius 3 is 2.38 bits per heavy atom. The number of halogens is 2. The van der Waals surface area contributed by atoms with E-state index in [0.29, 0.717) is 22.2 Å². The van der Waals surface area contributed by atoms with Crippen LogP contribution >= 0.6 is 23.2 Å². The molecule has 0 atom stereocenters. The number of amides is 1. The molecule has 0 saturated carbocycles. The number of phenolic OH excluding ortho intramolecular Hbond substituents is 1. The van der Waals surface area contributed by atoms with Crippen molar-refractivity contribution < 1.29 is 14.6 Å². The molecule has 0 spiro atoms. The van der Waals surface area contributed by atoms with Crippen molar-refractivity contribution in [1.29, 1.82) is 0 Å². The zero-order valence-corrected chi connectivity index (χ0v) is 15.0. The molecule has 0 aliphatic carbocycles. The molecule has 2 aromatic rings. The molecule has 3 N–H and O–H groups in total. The second-order valence-electron chi connectivity index (χ2n) is 5.85. The topological polar surface area (TPSA) is 72.5 Å². The molecule has 0 bridgehead atoms. The maximum Gasteiger partial charge on any atom is 0.255 e. The van der Waals surface area contributed by atoms with Gasteiger partial charge < -0.3 is 15.6 Å². The van der Waals surface area contributed by atoms with E-state index in [2.05, 4.69) is 0 Å². The highest BCUT2D eigenvalue weighted by Gasteiger charge is 2.13. The lowest BCUT2D eigenvalue weighted by atomic mass is 9.96. The molecule has 4 nitrogen and oxygen atoms in total. The summed E-state index contributed by atoms with van der Waals surface area (Å²) in [7, 11) is 0. The molecule has 0 saturated heterocycles. The number of hydrogen-bond donors (Lipinski definition) is 2. The van der Waals surface area contributed by atoms with Gasteiger partial charge in [0.2, 0.25) is 0 Å². The number of nitrogens with two attached hydrogens (primary N) is 1. The smallest absolute Gasteiger partial charge is 0.255 e. The normalized spacial score (nSPS) is 10.9. The van der Waals surface area contributed by atoms with E-state index >= 15 is 0 Å². The van der Waals surface area contributed by atoms with Crippen LogP contribution in [-0.2, 0) is 11.2 Å². The molecular weight excluding hydrogens is 349 g/mol. The zero-order chi connectivity index (χ0) is 17.9. The summed E-state index contributed by atoms with van der Waals surface area (Å²) >= 11 is 12.6. The van der Waals surface area contributed by atoms with Crippen molar-refractivity contribution in [1.82, 2.24) is 0 Å². The molecule has 0 aliphatic rings. The highest BCUT2D eigenvalue weighted by molar-refractivity contribution is 6.36. The van der Waals surface area contributed by atoms with Gasteiger partial charge in [-0.2, -0.15) is 0 Å². The van der Waals surface area contributed by atoms with Crippen LogP contribution in [0.1, 0.15) is 36.5 Å². The van der Waals surface area contributed by atoms with E-state index < -0.39 is 5.91 Å². The van der Waals surface area contributed by atoms with Crippen LogP contribution in [0.3, 0.4) is 0 Å². The number of carbonyl (C=O) groups is 1. The first-order valence-electron chi connectivity index (χ1n) is 7.48. The predicted octanol–water partition coefficient (Wildman–Crippen LogP) is 4.28. The minimum atomic E-state index is -0.573. The Kier molecular flexibility index (Phi) is 5.97. The summed E-state index contributed by atoms with van der Waals surface area (Å²) in [6.07, 6.45) is 0.522. The van der Waals surface area contributed by atoms with Crippen LogP contribution in [0.25, 0.3) is 0 Å². The van der Waals surface area contributed by atoms with E-state index in [-0.39, 0.29) is 18.3 Å². The van der Waals surface area contributed by atoms with E-state index in [0.717, 1.165) is 16.7 Å². The summed E-state index contributed by atoms with van der Waals surface area (Å²) in [5, 5.41) is 10.8. The van der Waals surface area contributed by atoms with Gasteiger partial charge in [-0.3, -0.25) is 4.79 Å². The first kappa shape index (κ1) is 18.4. The molecule has 2 rings (SSSR count). The number of benzene rings is 2. The Balaban J connectivity index is 2.27. The fourth-order valence-electron chi connectivity index (χ4n) is 2.37. The molecule has 2 aromatic carbocycles. The fourth-order valence-corrected chi connectivity index (χ4v) is 2.97. The first-order chi connectivity index (χ1) is 11.3. The van der Waals surface area contributed by atoms with Crippen molar-refractivity contribution in [2.45, 2.75) is 26.2 Å². The van der Waals surface area contributed by atoms with E-state index in [1.165, 1.54) is 0 Å². The number of phenols is 1. The number of primary amides is 1. The van der Waals surface area contributed by atoms with Crippen LogP contribution in [0.4, 0.5) is 0 Å². The van der Waals surface area contributed by atoms with Crippen molar-refractivity contribution in [3.8, 4) is 11.5 Å². The molecular formula is C18H19Cl2NO3. The lowest BCUT2D eigenvalue weighted by molar-refractivity contribution is -0.119. The average Bonchev–Trinajstić information content (AvgIpc) is 2.50. The van der Waals surface area contributed by atoms with Gasteiger partial charge in [0.25, 0.3) is 5.91 Å². The zero-order valence-electron chi connectivity index (χ0n) is 13.5. The fraction of sp³-hybridized carbons (Fsp3) is 0.278. The van der Waals surface area contributed by atoms with Gasteiger partial charge in [0.1, 0.15) is 11.5 Å². The van der Waals surface area contributed by atoms with Crippen molar-refractivity contribution in [2.75, 3.05) is 6.61 Å². The summed E-state index contributed by atoms with van der Waals surface area (Å²) in [5.41, 5.74) is 7.67. The van der Waals surface area contributed by atoms with E-state index in [1.54, 1.807) is 18.2 Å². The van der Waals surface area contributed by atoms with E-state index in [1.807, 2.05) is 26.0 Å². The molecule has 1 amide bonds. The van der Waals surface area contributed by atoms with Crippen LogP contribution in [0.5, 0.6) is 11.5 Å². The Bertz CT molecular complexity index is 737. The minimum Gasteiger partial charge on any atom is -0.508 e. The molecule has 0 heterocycles. The Hall–Kier alpha value is -1.91. The average molecular weight is 368 g/mol. The lowest BCUT2D eigenvalue weighted by Crippen LogP contribution is -2.20. The van der Waals surface area contributed by atoms with Crippen LogP contribution in [-0.4, -0.2) is 17.6 Å². The second-order valence-corrected chi connectivity index (χ2v) is 6.66. The Labute approximate surface area is 151 Å². The summed E-state index contributed by atoms with van der Waals surface area (Å²) in [6, 6.07) is 8.68. The first-order valence-corrected chi connectivity index (χ1v) is 8.24. The maximum atomic E-state index is 10.8. The molecule has 6 heteroatoms. The van der Waals surface area contributed by atoms with Crippen molar-refractivity contribution in [2.24, 2.45) is 5.73 Å². The minimum absolute atomic E-state index is 0.209. The van der Waals surface area contributed by atoms with Crippen LogP contribution < -0.4 is 10.5 Å². The largest absolute Gasteiger partial charge is 0.508 e. The molecule has 0 fully saturated rings. The Morgan fingerprint density at radius 2 is 1.83 bits per heavy atom. The summed E-state index contributed by atoms with van der Waals surface area (Å²) < 4.78 is 5.22. The van der Waals surface area contributed by atoms with Crippen LogP contribution in [0.15, 0.2) is 30.3 Å². The van der Waals surface area contributed by atoms with Crippen LogP contribution in [0.2, 0.25) is 10.0 Å². The lowest BCUT2D eigenvalue weighted by Gasteiger charge is -2.13. The third kappa shape index (κ3) is 4.56. The van der Waals surface area contributed by atoms with Crippen molar-refractivity contribution >= 4 is 29.1 Å². The van der Waals surface area contributed by atoms with Gasteiger partial charge in [-0.25, -0.2) is 0 Å². The van der Waals surface area contributed by atoms with E-state index in [4.69, 9.17) is 33.7 Å². The molecule has 0 aromatic heterocycles. The molecule has 0 unspecified atom stereocenters.